The number of hydrogen-bond donors (Lipinski definition) is 1. The van der Waals surface area contributed by atoms with Crippen LogP contribution in [0, 0.1) is 6.92 Å². The molecule has 5 heteroatoms. The average molecular weight is 246 g/mol. The molecule has 0 amide bonds. The van der Waals surface area contributed by atoms with Crippen LogP contribution in [0.3, 0.4) is 0 Å². The normalized spacial score (nSPS) is 10.6. The van der Waals surface area contributed by atoms with Crippen molar-refractivity contribution in [3.8, 4) is 0 Å². The molecule has 0 unspecified atom stereocenters. The lowest BCUT2D eigenvalue weighted by atomic mass is 10.1. The van der Waals surface area contributed by atoms with Gasteiger partial charge in [-0.05, 0) is 25.1 Å². The van der Waals surface area contributed by atoms with Crippen molar-refractivity contribution in [1.29, 1.82) is 0 Å². The molecule has 94 valence electrons. The molecule has 2 aromatic rings. The van der Waals surface area contributed by atoms with E-state index in [0.717, 1.165) is 5.39 Å². The number of ether oxygens (including phenoxy) is 1. The van der Waals surface area contributed by atoms with Crippen molar-refractivity contribution in [3.05, 3.63) is 39.7 Å². The molecule has 0 spiro atoms. The number of anilines is 1. The van der Waals surface area contributed by atoms with Gasteiger partial charge in [-0.1, -0.05) is 0 Å². The fraction of sp³-hybridized carbons (Fsp3) is 0.231. The number of benzene rings is 1. The Morgan fingerprint density at radius 1 is 1.33 bits per heavy atom. The Kier molecular flexibility index (Phi) is 2.82. The number of rotatable bonds is 1. The zero-order valence-electron chi connectivity index (χ0n) is 10.5. The van der Waals surface area contributed by atoms with E-state index >= 15 is 0 Å². The summed E-state index contributed by atoms with van der Waals surface area (Å²) in [6, 6.07) is 5.01. The van der Waals surface area contributed by atoms with Gasteiger partial charge < -0.3 is 15.0 Å². The Balaban J connectivity index is 2.86. The molecule has 1 aromatic heterocycles. The first kappa shape index (κ1) is 12.2. The summed E-state index contributed by atoms with van der Waals surface area (Å²) in [5, 5.41) is 0.819. The fourth-order valence-electron chi connectivity index (χ4n) is 1.98. The molecule has 0 fully saturated rings. The van der Waals surface area contributed by atoms with Gasteiger partial charge >= 0.3 is 5.97 Å². The second kappa shape index (κ2) is 4.18. The van der Waals surface area contributed by atoms with Crippen LogP contribution in [-0.4, -0.2) is 17.6 Å². The number of aromatic nitrogens is 1. The number of methoxy groups -OCH3 is 1. The first-order chi connectivity index (χ1) is 8.45. The minimum absolute atomic E-state index is 0.0944. The number of nitrogens with two attached hydrogens (primary N) is 1. The van der Waals surface area contributed by atoms with Crippen LogP contribution in [0.15, 0.2) is 23.0 Å². The molecular formula is C13H14N2O3. The zero-order chi connectivity index (χ0) is 13.4. The van der Waals surface area contributed by atoms with Crippen LogP contribution < -0.4 is 11.3 Å². The third-order valence-corrected chi connectivity index (χ3v) is 2.98. The molecule has 2 rings (SSSR count). The van der Waals surface area contributed by atoms with E-state index in [2.05, 4.69) is 4.74 Å². The van der Waals surface area contributed by atoms with E-state index in [-0.39, 0.29) is 11.1 Å². The molecule has 0 saturated heterocycles. The Morgan fingerprint density at radius 3 is 2.61 bits per heavy atom. The highest BCUT2D eigenvalue weighted by Crippen LogP contribution is 2.22. The summed E-state index contributed by atoms with van der Waals surface area (Å²) in [5.41, 5.74) is 7.61. The topological polar surface area (TPSA) is 74.3 Å². The van der Waals surface area contributed by atoms with E-state index in [1.165, 1.54) is 11.7 Å². The summed E-state index contributed by atoms with van der Waals surface area (Å²) >= 11 is 0. The van der Waals surface area contributed by atoms with E-state index < -0.39 is 5.97 Å². The monoisotopic (exact) mass is 246 g/mol. The van der Waals surface area contributed by atoms with Gasteiger partial charge in [-0.3, -0.25) is 4.79 Å². The van der Waals surface area contributed by atoms with E-state index in [1.807, 2.05) is 0 Å². The van der Waals surface area contributed by atoms with E-state index in [9.17, 15) is 9.59 Å². The molecule has 0 aliphatic heterocycles. The highest BCUT2D eigenvalue weighted by Gasteiger charge is 2.13. The smallest absolute Gasteiger partial charge is 0.340 e. The van der Waals surface area contributed by atoms with Gasteiger partial charge in [0, 0.05) is 23.7 Å². The van der Waals surface area contributed by atoms with Gasteiger partial charge in [0.1, 0.15) is 0 Å². The molecule has 1 aromatic carbocycles. The number of hydrogen-bond acceptors (Lipinski definition) is 4. The molecule has 0 bridgehead atoms. The van der Waals surface area contributed by atoms with Gasteiger partial charge in [-0.15, -0.1) is 0 Å². The quantitative estimate of drug-likeness (QED) is 0.606. The van der Waals surface area contributed by atoms with Gasteiger partial charge in [0.2, 0.25) is 0 Å². The summed E-state index contributed by atoms with van der Waals surface area (Å²) in [5.74, 6) is -0.512. The molecule has 0 aliphatic rings. The van der Waals surface area contributed by atoms with Crippen molar-refractivity contribution >= 4 is 22.6 Å². The average Bonchev–Trinajstić information content (AvgIpc) is 2.35. The summed E-state index contributed by atoms with van der Waals surface area (Å²) in [6.45, 7) is 1.74. The summed E-state index contributed by atoms with van der Waals surface area (Å²) in [4.78, 5) is 23.4. The predicted molar refractivity (Wildman–Crippen MR) is 69.7 cm³/mol. The highest BCUT2D eigenvalue weighted by atomic mass is 16.5. The maximum Gasteiger partial charge on any atom is 0.340 e. The van der Waals surface area contributed by atoms with E-state index in [0.29, 0.717) is 16.8 Å². The predicted octanol–water partition coefficient (Wildman–Crippen LogP) is 1.22. The second-order valence-corrected chi connectivity index (χ2v) is 4.18. The summed E-state index contributed by atoms with van der Waals surface area (Å²) in [7, 11) is 2.95. The van der Waals surface area contributed by atoms with E-state index in [4.69, 9.17) is 5.73 Å². The first-order valence-corrected chi connectivity index (χ1v) is 5.44. The van der Waals surface area contributed by atoms with Crippen molar-refractivity contribution in [2.75, 3.05) is 12.8 Å². The fourth-order valence-corrected chi connectivity index (χ4v) is 1.98. The molecule has 0 aliphatic carbocycles. The lowest BCUT2D eigenvalue weighted by Gasteiger charge is -2.10. The molecular weight excluding hydrogens is 232 g/mol. The Labute approximate surface area is 104 Å². The van der Waals surface area contributed by atoms with Crippen molar-refractivity contribution < 1.29 is 9.53 Å². The number of nitrogen functional groups attached to an aromatic ring is 1. The van der Waals surface area contributed by atoms with Crippen LogP contribution in [0.25, 0.3) is 10.9 Å². The van der Waals surface area contributed by atoms with Gasteiger partial charge in [-0.25, -0.2) is 4.79 Å². The molecule has 5 nitrogen and oxygen atoms in total. The summed E-state index contributed by atoms with van der Waals surface area (Å²) < 4.78 is 6.15. The lowest BCUT2D eigenvalue weighted by Crippen LogP contribution is -2.19. The van der Waals surface area contributed by atoms with Gasteiger partial charge in [0.15, 0.2) is 0 Å². The van der Waals surface area contributed by atoms with Crippen molar-refractivity contribution in [2.45, 2.75) is 6.92 Å². The van der Waals surface area contributed by atoms with Crippen molar-refractivity contribution in [3.63, 3.8) is 0 Å². The number of carbonyl (C=O) groups excluding carboxylic acids is 1. The minimum atomic E-state index is -0.512. The SMILES string of the molecule is COC(=O)c1cc2c(cc1N)cc(C)c(=O)n2C. The molecule has 0 saturated carbocycles. The molecule has 18 heavy (non-hydrogen) atoms. The number of nitrogens with zero attached hydrogens (tertiary/aromatic N) is 1. The third-order valence-electron chi connectivity index (χ3n) is 2.98. The maximum absolute atomic E-state index is 11.8. The van der Waals surface area contributed by atoms with Gasteiger partial charge in [0.25, 0.3) is 5.56 Å². The van der Waals surface area contributed by atoms with Crippen LogP contribution in [0.2, 0.25) is 0 Å². The number of pyridine rings is 1. The zero-order valence-corrected chi connectivity index (χ0v) is 10.5. The van der Waals surface area contributed by atoms with Crippen LogP contribution in [0.5, 0.6) is 0 Å². The van der Waals surface area contributed by atoms with Crippen LogP contribution in [-0.2, 0) is 11.8 Å². The Morgan fingerprint density at radius 2 is 2.00 bits per heavy atom. The Bertz CT molecular complexity index is 701. The van der Waals surface area contributed by atoms with Crippen molar-refractivity contribution in [2.24, 2.45) is 7.05 Å². The number of fused-ring (bicyclic) bond motifs is 1. The molecule has 0 radical (unpaired) electrons. The minimum Gasteiger partial charge on any atom is -0.465 e. The second-order valence-electron chi connectivity index (χ2n) is 4.18. The summed E-state index contributed by atoms with van der Waals surface area (Å²) in [6.07, 6.45) is 0. The largest absolute Gasteiger partial charge is 0.465 e. The van der Waals surface area contributed by atoms with Crippen LogP contribution in [0.1, 0.15) is 15.9 Å². The molecule has 1 heterocycles. The third kappa shape index (κ3) is 1.73. The van der Waals surface area contributed by atoms with E-state index in [1.54, 1.807) is 32.2 Å². The van der Waals surface area contributed by atoms with Crippen LogP contribution in [0.4, 0.5) is 5.69 Å². The molecule has 0 atom stereocenters. The number of aryl methyl sites for hydroxylation is 2. The van der Waals surface area contributed by atoms with Gasteiger partial charge in [0.05, 0.1) is 18.2 Å². The highest BCUT2D eigenvalue weighted by molar-refractivity contribution is 6.00. The first-order valence-electron chi connectivity index (χ1n) is 5.44. The van der Waals surface area contributed by atoms with Crippen molar-refractivity contribution in [1.82, 2.24) is 4.57 Å². The van der Waals surface area contributed by atoms with Crippen LogP contribution >= 0.6 is 0 Å². The Hall–Kier alpha value is -2.30. The standard InChI is InChI=1S/C13H14N2O3/c1-7-4-8-5-10(14)9(13(17)18-3)6-11(8)15(2)12(7)16/h4-6H,14H2,1-3H3. The number of esters is 1. The number of carbonyl (C=O) groups is 1. The van der Waals surface area contributed by atoms with Gasteiger partial charge in [-0.2, -0.15) is 0 Å². The molecule has 2 N–H and O–H groups in total. The maximum atomic E-state index is 11.8. The lowest BCUT2D eigenvalue weighted by molar-refractivity contribution is 0.0602.